The maximum atomic E-state index is 12.5. The summed E-state index contributed by atoms with van der Waals surface area (Å²) >= 11 is 0. The quantitative estimate of drug-likeness (QED) is 0.631. The first-order valence-electron chi connectivity index (χ1n) is 10.6. The van der Waals surface area contributed by atoms with Crippen LogP contribution in [0.1, 0.15) is 69.7 Å². The lowest BCUT2D eigenvalue weighted by Crippen LogP contribution is -2.51. The standard InChI is InChI=1S/C20H30N8O2/c1-20(2,3)17(22-19(30)12-28-10-16(24-26-28)14-6-7-14)8-21-18(29)11-27-9-15(23-25-27)13-4-5-13/h9-10,13-14,17H,4-8,11-12H2,1-3H3,(H,21,29)(H,22,30)/t17-/m0/s1. The molecule has 10 nitrogen and oxygen atoms in total. The Hall–Kier alpha value is -2.78. The Balaban J connectivity index is 1.26. The van der Waals surface area contributed by atoms with Crippen molar-refractivity contribution in [2.45, 2.75) is 77.4 Å². The zero-order valence-electron chi connectivity index (χ0n) is 17.8. The maximum Gasteiger partial charge on any atom is 0.242 e. The van der Waals surface area contributed by atoms with Crippen LogP contribution in [0.3, 0.4) is 0 Å². The van der Waals surface area contributed by atoms with E-state index >= 15 is 0 Å². The van der Waals surface area contributed by atoms with Crippen molar-refractivity contribution in [2.24, 2.45) is 5.41 Å². The van der Waals surface area contributed by atoms with Gasteiger partial charge in [-0.15, -0.1) is 10.2 Å². The van der Waals surface area contributed by atoms with Crippen molar-refractivity contribution >= 4 is 11.8 Å². The summed E-state index contributed by atoms with van der Waals surface area (Å²) in [5.74, 6) is 0.704. The van der Waals surface area contributed by atoms with Crippen LogP contribution in [0.15, 0.2) is 12.4 Å². The van der Waals surface area contributed by atoms with Gasteiger partial charge in [0.1, 0.15) is 13.1 Å². The summed E-state index contributed by atoms with van der Waals surface area (Å²) in [5.41, 5.74) is 1.69. The Bertz CT molecular complexity index is 904. The van der Waals surface area contributed by atoms with Crippen molar-refractivity contribution in [1.29, 1.82) is 0 Å². The lowest BCUT2D eigenvalue weighted by molar-refractivity contribution is -0.125. The van der Waals surface area contributed by atoms with Gasteiger partial charge in [-0.3, -0.25) is 9.59 Å². The van der Waals surface area contributed by atoms with Gasteiger partial charge in [0, 0.05) is 30.8 Å². The predicted molar refractivity (Wildman–Crippen MR) is 108 cm³/mol. The molecule has 0 bridgehead atoms. The topological polar surface area (TPSA) is 120 Å². The van der Waals surface area contributed by atoms with Crippen molar-refractivity contribution in [2.75, 3.05) is 6.54 Å². The molecule has 0 unspecified atom stereocenters. The second kappa shape index (κ2) is 8.16. The fraction of sp³-hybridized carbons (Fsp3) is 0.700. The third-order valence-corrected chi connectivity index (χ3v) is 5.60. The van der Waals surface area contributed by atoms with Crippen molar-refractivity contribution in [3.63, 3.8) is 0 Å². The van der Waals surface area contributed by atoms with Gasteiger partial charge in [0.25, 0.3) is 0 Å². The molecule has 2 aromatic rings. The van der Waals surface area contributed by atoms with Crippen molar-refractivity contribution in [3.05, 3.63) is 23.8 Å². The Morgan fingerprint density at radius 3 is 1.93 bits per heavy atom. The number of rotatable bonds is 9. The Kier molecular flexibility index (Phi) is 5.57. The molecule has 2 amide bonds. The highest BCUT2D eigenvalue weighted by atomic mass is 16.2. The molecular formula is C20H30N8O2. The number of hydrogen-bond acceptors (Lipinski definition) is 6. The van der Waals surface area contributed by atoms with Gasteiger partial charge >= 0.3 is 0 Å². The minimum Gasteiger partial charge on any atom is -0.352 e. The van der Waals surface area contributed by atoms with Crippen LogP contribution in [-0.2, 0) is 22.7 Å². The molecule has 0 radical (unpaired) electrons. The fourth-order valence-corrected chi connectivity index (χ4v) is 3.29. The SMILES string of the molecule is CC(C)(C)[C@H](CNC(=O)Cn1cc(C2CC2)nn1)NC(=O)Cn1cc(C2CC2)nn1. The van der Waals surface area contributed by atoms with Crippen LogP contribution in [0.2, 0.25) is 0 Å². The summed E-state index contributed by atoms with van der Waals surface area (Å²) in [7, 11) is 0. The predicted octanol–water partition coefficient (Wildman–Crippen LogP) is 0.972. The summed E-state index contributed by atoms with van der Waals surface area (Å²) in [6.45, 7) is 6.66. The first kappa shape index (κ1) is 20.5. The van der Waals surface area contributed by atoms with Gasteiger partial charge in [0.2, 0.25) is 11.8 Å². The highest BCUT2D eigenvalue weighted by Crippen LogP contribution is 2.39. The molecule has 0 saturated heterocycles. The average molecular weight is 415 g/mol. The molecule has 2 aromatic heterocycles. The molecule has 2 aliphatic rings. The number of aromatic nitrogens is 6. The zero-order chi connectivity index (χ0) is 21.3. The van der Waals surface area contributed by atoms with Crippen molar-refractivity contribution < 1.29 is 9.59 Å². The van der Waals surface area contributed by atoms with E-state index in [2.05, 4.69) is 31.3 Å². The molecule has 0 aromatic carbocycles. The molecule has 2 aliphatic carbocycles. The van der Waals surface area contributed by atoms with Gasteiger partial charge in [-0.2, -0.15) is 0 Å². The third-order valence-electron chi connectivity index (χ3n) is 5.60. The molecule has 2 heterocycles. The Morgan fingerprint density at radius 1 is 0.967 bits per heavy atom. The monoisotopic (exact) mass is 414 g/mol. The molecule has 0 aliphatic heterocycles. The molecule has 30 heavy (non-hydrogen) atoms. The first-order valence-corrected chi connectivity index (χ1v) is 10.6. The molecule has 2 N–H and O–H groups in total. The van der Waals surface area contributed by atoms with Crippen LogP contribution in [0.4, 0.5) is 0 Å². The van der Waals surface area contributed by atoms with Gasteiger partial charge in [-0.05, 0) is 31.1 Å². The second-order valence-electron chi connectivity index (χ2n) is 9.52. The second-order valence-corrected chi connectivity index (χ2v) is 9.52. The van der Waals surface area contributed by atoms with Crippen LogP contribution >= 0.6 is 0 Å². The van der Waals surface area contributed by atoms with Crippen LogP contribution in [0.5, 0.6) is 0 Å². The van der Waals surface area contributed by atoms with E-state index in [1.54, 1.807) is 9.36 Å². The van der Waals surface area contributed by atoms with Gasteiger partial charge in [0.15, 0.2) is 0 Å². The molecule has 4 rings (SSSR count). The van der Waals surface area contributed by atoms with Crippen LogP contribution in [0.25, 0.3) is 0 Å². The van der Waals surface area contributed by atoms with Crippen LogP contribution in [-0.4, -0.2) is 54.4 Å². The molecule has 0 spiro atoms. The van der Waals surface area contributed by atoms with Gasteiger partial charge in [-0.1, -0.05) is 31.2 Å². The molecule has 1 atom stereocenters. The zero-order valence-corrected chi connectivity index (χ0v) is 17.8. The number of carbonyl (C=O) groups excluding carboxylic acids is 2. The number of carbonyl (C=O) groups is 2. The highest BCUT2D eigenvalue weighted by Gasteiger charge is 2.29. The molecular weight excluding hydrogens is 384 g/mol. The summed E-state index contributed by atoms with van der Waals surface area (Å²) in [6, 6.07) is -0.224. The minimum atomic E-state index is -0.225. The van der Waals surface area contributed by atoms with E-state index in [4.69, 9.17) is 0 Å². The minimum absolute atomic E-state index is 0.114. The summed E-state index contributed by atoms with van der Waals surface area (Å²) in [6.07, 6.45) is 8.27. The molecule has 10 heteroatoms. The Labute approximate surface area is 175 Å². The molecule has 162 valence electrons. The smallest absolute Gasteiger partial charge is 0.242 e. The maximum absolute atomic E-state index is 12.5. The normalized spacial score (nSPS) is 17.6. The van der Waals surface area contributed by atoms with Crippen molar-refractivity contribution in [1.82, 2.24) is 40.6 Å². The number of amides is 2. The highest BCUT2D eigenvalue weighted by molar-refractivity contribution is 5.77. The van der Waals surface area contributed by atoms with E-state index in [1.807, 2.05) is 33.2 Å². The Morgan fingerprint density at radius 2 is 1.47 bits per heavy atom. The van der Waals surface area contributed by atoms with E-state index in [9.17, 15) is 9.59 Å². The van der Waals surface area contributed by atoms with E-state index in [0.29, 0.717) is 18.4 Å². The number of nitrogens with one attached hydrogen (secondary N) is 2. The molecule has 2 saturated carbocycles. The van der Waals surface area contributed by atoms with E-state index in [-0.39, 0.29) is 36.4 Å². The van der Waals surface area contributed by atoms with Gasteiger partial charge in [-0.25, -0.2) is 9.36 Å². The van der Waals surface area contributed by atoms with Crippen molar-refractivity contribution in [3.8, 4) is 0 Å². The van der Waals surface area contributed by atoms with E-state index in [1.165, 1.54) is 0 Å². The third kappa shape index (κ3) is 5.43. The summed E-state index contributed by atoms with van der Waals surface area (Å²) in [4.78, 5) is 24.9. The van der Waals surface area contributed by atoms with Crippen LogP contribution in [0, 0.1) is 5.41 Å². The lowest BCUT2D eigenvalue weighted by Gasteiger charge is -2.31. The number of nitrogens with zero attached hydrogens (tertiary/aromatic N) is 6. The van der Waals surface area contributed by atoms with Gasteiger partial charge < -0.3 is 10.6 Å². The van der Waals surface area contributed by atoms with Gasteiger partial charge in [0.05, 0.1) is 17.4 Å². The summed E-state index contributed by atoms with van der Waals surface area (Å²) in [5, 5.41) is 22.3. The largest absolute Gasteiger partial charge is 0.352 e. The lowest BCUT2D eigenvalue weighted by atomic mass is 9.86. The van der Waals surface area contributed by atoms with E-state index < -0.39 is 0 Å². The first-order chi connectivity index (χ1) is 14.3. The van der Waals surface area contributed by atoms with Crippen LogP contribution < -0.4 is 10.6 Å². The summed E-state index contributed by atoms with van der Waals surface area (Å²) < 4.78 is 3.14. The molecule has 2 fully saturated rings. The average Bonchev–Trinajstić information content (AvgIpc) is 3.60. The van der Waals surface area contributed by atoms with E-state index in [0.717, 1.165) is 37.1 Å². The number of hydrogen-bond donors (Lipinski definition) is 2. The fourth-order valence-electron chi connectivity index (χ4n) is 3.29.